The molecular weight excluding hydrogens is 361 g/mol. The molecule has 2 N–H and O–H groups in total. The maximum absolute atomic E-state index is 12.1. The van der Waals surface area contributed by atoms with Crippen LogP contribution in [-0.4, -0.2) is 15.9 Å². The van der Waals surface area contributed by atoms with Crippen LogP contribution in [0.5, 0.6) is 0 Å². The van der Waals surface area contributed by atoms with Crippen molar-refractivity contribution in [2.75, 3.05) is 5.32 Å². The summed E-state index contributed by atoms with van der Waals surface area (Å²) in [5.74, 6) is 0.576. The van der Waals surface area contributed by atoms with E-state index in [0.717, 1.165) is 11.1 Å². The topological polar surface area (TPSA) is 70.9 Å². The number of carbonyl (C=O) groups is 1. The second-order valence-electron chi connectivity index (χ2n) is 5.41. The van der Waals surface area contributed by atoms with Gasteiger partial charge < -0.3 is 14.7 Å². The van der Waals surface area contributed by atoms with Crippen LogP contribution in [0.25, 0.3) is 22.4 Å². The summed E-state index contributed by atoms with van der Waals surface area (Å²) < 4.78 is 5.08. The van der Waals surface area contributed by atoms with Crippen LogP contribution in [-0.2, 0) is 0 Å². The SMILES string of the molecule is O=C(Nc1ccc2[nH]c(-c3cc(Cl)cc(Cl)c3)nc2c1)c1ccco1. The predicted molar refractivity (Wildman–Crippen MR) is 98.2 cm³/mol. The number of benzene rings is 2. The molecule has 0 radical (unpaired) electrons. The number of imidazole rings is 1. The van der Waals surface area contributed by atoms with E-state index in [1.54, 1.807) is 42.5 Å². The quantitative estimate of drug-likeness (QED) is 0.507. The van der Waals surface area contributed by atoms with Crippen molar-refractivity contribution in [2.24, 2.45) is 0 Å². The van der Waals surface area contributed by atoms with Crippen LogP contribution in [0.4, 0.5) is 5.69 Å². The normalized spacial score (nSPS) is 11.0. The zero-order valence-electron chi connectivity index (χ0n) is 12.7. The zero-order valence-corrected chi connectivity index (χ0v) is 14.2. The molecule has 25 heavy (non-hydrogen) atoms. The highest BCUT2D eigenvalue weighted by Gasteiger charge is 2.11. The van der Waals surface area contributed by atoms with Crippen LogP contribution in [0.1, 0.15) is 10.6 Å². The number of hydrogen-bond acceptors (Lipinski definition) is 3. The van der Waals surface area contributed by atoms with E-state index in [4.69, 9.17) is 27.6 Å². The number of furan rings is 1. The van der Waals surface area contributed by atoms with E-state index in [1.165, 1.54) is 6.26 Å². The average Bonchev–Trinajstić information content (AvgIpc) is 3.23. The van der Waals surface area contributed by atoms with Crippen molar-refractivity contribution >= 4 is 45.8 Å². The monoisotopic (exact) mass is 371 g/mol. The molecule has 1 amide bonds. The van der Waals surface area contributed by atoms with Gasteiger partial charge in [-0.15, -0.1) is 0 Å². The molecule has 0 unspecified atom stereocenters. The first-order chi connectivity index (χ1) is 12.1. The zero-order chi connectivity index (χ0) is 17.4. The van der Waals surface area contributed by atoms with Crippen LogP contribution in [0.2, 0.25) is 10.0 Å². The summed E-state index contributed by atoms with van der Waals surface area (Å²) >= 11 is 12.1. The largest absolute Gasteiger partial charge is 0.459 e. The minimum atomic E-state index is -0.318. The molecule has 0 saturated carbocycles. The Kier molecular flexibility index (Phi) is 3.95. The Hall–Kier alpha value is -2.76. The lowest BCUT2D eigenvalue weighted by molar-refractivity contribution is 0.0996. The first kappa shape index (κ1) is 15.7. The Balaban J connectivity index is 1.66. The summed E-state index contributed by atoms with van der Waals surface area (Å²) in [6.45, 7) is 0. The van der Waals surface area contributed by atoms with E-state index in [1.807, 2.05) is 6.07 Å². The van der Waals surface area contributed by atoms with Crippen molar-refractivity contribution < 1.29 is 9.21 Å². The lowest BCUT2D eigenvalue weighted by Gasteiger charge is -2.02. The number of anilines is 1. The highest BCUT2D eigenvalue weighted by Crippen LogP contribution is 2.28. The second kappa shape index (κ2) is 6.27. The molecule has 4 aromatic rings. The molecule has 0 aliphatic heterocycles. The van der Waals surface area contributed by atoms with Crippen LogP contribution < -0.4 is 5.32 Å². The van der Waals surface area contributed by atoms with Gasteiger partial charge in [-0.3, -0.25) is 4.79 Å². The van der Waals surface area contributed by atoms with Gasteiger partial charge in [0.2, 0.25) is 0 Å². The number of rotatable bonds is 3. The van der Waals surface area contributed by atoms with Crippen molar-refractivity contribution in [3.05, 3.63) is 70.6 Å². The highest BCUT2D eigenvalue weighted by atomic mass is 35.5. The van der Waals surface area contributed by atoms with E-state index >= 15 is 0 Å². The predicted octanol–water partition coefficient (Wildman–Crippen LogP) is 5.38. The minimum absolute atomic E-state index is 0.247. The Morgan fingerprint density at radius 1 is 1.08 bits per heavy atom. The first-order valence-corrected chi connectivity index (χ1v) is 8.15. The van der Waals surface area contributed by atoms with Crippen LogP contribution >= 0.6 is 23.2 Å². The standard InChI is InChI=1S/C18H11Cl2N3O2/c19-11-6-10(7-12(20)8-11)17-22-14-4-3-13(9-15(14)23-17)21-18(24)16-2-1-5-25-16/h1-9H,(H,21,24)(H,22,23). The number of fused-ring (bicyclic) bond motifs is 1. The number of H-pyrrole nitrogens is 1. The van der Waals surface area contributed by atoms with Gasteiger partial charge in [-0.1, -0.05) is 23.2 Å². The minimum Gasteiger partial charge on any atom is -0.459 e. The van der Waals surface area contributed by atoms with Crippen LogP contribution in [0.15, 0.2) is 59.2 Å². The number of amides is 1. The van der Waals surface area contributed by atoms with Gasteiger partial charge in [0.15, 0.2) is 5.76 Å². The summed E-state index contributed by atoms with van der Waals surface area (Å²) in [6, 6.07) is 13.9. The third-order valence-corrected chi connectivity index (χ3v) is 4.06. The number of halogens is 2. The maximum atomic E-state index is 12.1. The molecule has 0 atom stereocenters. The molecule has 0 spiro atoms. The van der Waals surface area contributed by atoms with Crippen molar-refractivity contribution in [1.29, 1.82) is 0 Å². The van der Waals surface area contributed by atoms with Crippen molar-refractivity contribution in [2.45, 2.75) is 0 Å². The molecule has 7 heteroatoms. The summed E-state index contributed by atoms with van der Waals surface area (Å²) in [4.78, 5) is 19.8. The fraction of sp³-hybridized carbons (Fsp3) is 0. The molecule has 124 valence electrons. The van der Waals surface area contributed by atoms with Crippen molar-refractivity contribution in [3.8, 4) is 11.4 Å². The van der Waals surface area contributed by atoms with Gasteiger partial charge in [0.25, 0.3) is 5.91 Å². The molecule has 2 aromatic carbocycles. The smallest absolute Gasteiger partial charge is 0.291 e. The van der Waals surface area contributed by atoms with Crippen LogP contribution in [0, 0.1) is 0 Å². The summed E-state index contributed by atoms with van der Waals surface area (Å²) in [6.07, 6.45) is 1.45. The number of aromatic amines is 1. The maximum Gasteiger partial charge on any atom is 0.291 e. The van der Waals surface area contributed by atoms with Crippen LogP contribution in [0.3, 0.4) is 0 Å². The lowest BCUT2D eigenvalue weighted by atomic mass is 10.2. The third-order valence-electron chi connectivity index (χ3n) is 3.62. The number of aromatic nitrogens is 2. The number of nitrogens with one attached hydrogen (secondary N) is 2. The third kappa shape index (κ3) is 3.24. The van der Waals surface area contributed by atoms with Crippen molar-refractivity contribution in [1.82, 2.24) is 9.97 Å². The number of hydrogen-bond donors (Lipinski definition) is 2. The molecule has 0 bridgehead atoms. The summed E-state index contributed by atoms with van der Waals surface area (Å²) in [5, 5.41) is 3.85. The van der Waals surface area contributed by atoms with E-state index < -0.39 is 0 Å². The molecule has 2 aromatic heterocycles. The molecule has 0 saturated heterocycles. The molecule has 0 fully saturated rings. The highest BCUT2D eigenvalue weighted by molar-refractivity contribution is 6.35. The fourth-order valence-electron chi connectivity index (χ4n) is 2.51. The van der Waals surface area contributed by atoms with Gasteiger partial charge in [0.1, 0.15) is 5.82 Å². The molecule has 4 rings (SSSR count). The van der Waals surface area contributed by atoms with E-state index in [9.17, 15) is 4.79 Å². The van der Waals surface area contributed by atoms with Gasteiger partial charge in [0, 0.05) is 21.3 Å². The van der Waals surface area contributed by atoms with Gasteiger partial charge >= 0.3 is 0 Å². The fourth-order valence-corrected chi connectivity index (χ4v) is 3.04. The van der Waals surface area contributed by atoms with Gasteiger partial charge in [-0.25, -0.2) is 4.98 Å². The summed E-state index contributed by atoms with van der Waals surface area (Å²) in [7, 11) is 0. The Morgan fingerprint density at radius 3 is 2.60 bits per heavy atom. The molecule has 2 heterocycles. The Labute approximate surface area is 152 Å². The summed E-state index contributed by atoms with van der Waals surface area (Å²) in [5.41, 5.74) is 2.95. The van der Waals surface area contributed by atoms with Gasteiger partial charge in [-0.05, 0) is 48.5 Å². The molecule has 5 nitrogen and oxygen atoms in total. The second-order valence-corrected chi connectivity index (χ2v) is 6.28. The Morgan fingerprint density at radius 2 is 1.88 bits per heavy atom. The van der Waals surface area contributed by atoms with E-state index in [2.05, 4.69) is 15.3 Å². The average molecular weight is 372 g/mol. The lowest BCUT2D eigenvalue weighted by Crippen LogP contribution is -2.10. The Bertz CT molecular complexity index is 1050. The number of carbonyl (C=O) groups excluding carboxylic acids is 1. The number of nitrogens with zero attached hydrogens (tertiary/aromatic N) is 1. The molecule has 0 aliphatic carbocycles. The van der Waals surface area contributed by atoms with Crippen molar-refractivity contribution in [3.63, 3.8) is 0 Å². The molecular formula is C18H11Cl2N3O2. The molecule has 0 aliphatic rings. The van der Waals surface area contributed by atoms with E-state index in [-0.39, 0.29) is 11.7 Å². The first-order valence-electron chi connectivity index (χ1n) is 7.39. The van der Waals surface area contributed by atoms with Gasteiger partial charge in [0.05, 0.1) is 17.3 Å². The van der Waals surface area contributed by atoms with E-state index in [0.29, 0.717) is 27.1 Å². The van der Waals surface area contributed by atoms with Gasteiger partial charge in [-0.2, -0.15) is 0 Å².